The molecule has 0 spiro atoms. The Morgan fingerprint density at radius 3 is 2.33 bits per heavy atom. The fourth-order valence-corrected chi connectivity index (χ4v) is 3.62. The van der Waals surface area contributed by atoms with E-state index in [1.165, 1.54) is 32.9 Å². The molecule has 0 saturated heterocycles. The number of benzene rings is 1. The third-order valence-electron chi connectivity index (χ3n) is 4.91. The maximum atomic E-state index is 13.7. The average molecular weight is 538 g/mol. The van der Waals surface area contributed by atoms with Crippen LogP contribution in [0.1, 0.15) is 52.7 Å². The summed E-state index contributed by atoms with van der Waals surface area (Å²) in [6, 6.07) is 2.79. The normalized spacial score (nSPS) is 16.4. The summed E-state index contributed by atoms with van der Waals surface area (Å²) in [6.45, 7) is 8.38. The van der Waals surface area contributed by atoms with E-state index in [2.05, 4.69) is 10.1 Å². The van der Waals surface area contributed by atoms with Crippen molar-refractivity contribution in [3.63, 3.8) is 0 Å². The fourth-order valence-electron chi connectivity index (χ4n) is 3.16. The molecule has 200 valence electrons. The van der Waals surface area contributed by atoms with Gasteiger partial charge in [0.25, 0.3) is 6.79 Å². The second-order valence-electron chi connectivity index (χ2n) is 9.89. The number of hydrazine groups is 1. The van der Waals surface area contributed by atoms with Gasteiger partial charge in [0.2, 0.25) is 11.4 Å². The van der Waals surface area contributed by atoms with Crippen molar-refractivity contribution < 1.29 is 47.1 Å². The molecule has 0 amide bonds. The van der Waals surface area contributed by atoms with E-state index < -0.39 is 54.1 Å². The van der Waals surface area contributed by atoms with Crippen molar-refractivity contribution in [1.29, 1.82) is 0 Å². The van der Waals surface area contributed by atoms with E-state index in [4.69, 9.17) is 26.2 Å². The second-order valence-corrected chi connectivity index (χ2v) is 10.3. The molecule has 1 aliphatic rings. The number of ether oxygens (including phenoxy) is 2. The second kappa shape index (κ2) is 10.4. The smallest absolute Gasteiger partial charge is 0.430 e. The molecule has 14 heteroatoms. The van der Waals surface area contributed by atoms with E-state index in [-0.39, 0.29) is 21.3 Å². The predicted molar refractivity (Wildman–Crippen MR) is 121 cm³/mol. The molecule has 0 unspecified atom stereocenters. The molecule has 0 radical (unpaired) electrons. The van der Waals surface area contributed by atoms with Gasteiger partial charge in [-0.15, -0.1) is 5.01 Å². The summed E-state index contributed by atoms with van der Waals surface area (Å²) in [4.78, 5) is 27.8. The zero-order valence-corrected chi connectivity index (χ0v) is 21.2. The van der Waals surface area contributed by atoms with Gasteiger partial charge >= 0.3 is 18.1 Å². The first kappa shape index (κ1) is 29.0. The summed E-state index contributed by atoms with van der Waals surface area (Å²) in [5.41, 5.74) is -1.59. The number of carbonyl (C=O) groups is 2. The molecule has 1 aromatic carbocycles. The monoisotopic (exact) mass is 537 g/mol. The van der Waals surface area contributed by atoms with E-state index in [0.29, 0.717) is 5.56 Å². The van der Waals surface area contributed by atoms with Gasteiger partial charge < -0.3 is 24.6 Å². The Kier molecular flexibility index (Phi) is 8.39. The van der Waals surface area contributed by atoms with Gasteiger partial charge in [0.05, 0.1) is 16.1 Å². The SMILES string of the molecule is CC(C)(C)c1cc2c(cc1Cl)C=C(C(=O)OCO/N=[N+](\[O-])N(CC(=O)O)C(C)(C)C)[C@@H](C(F)(F)F)O2. The summed E-state index contributed by atoms with van der Waals surface area (Å²) in [5.74, 6) is -2.84. The molecule has 1 atom stereocenters. The van der Waals surface area contributed by atoms with Gasteiger partial charge in [0, 0.05) is 10.6 Å². The lowest BCUT2D eigenvalue weighted by Gasteiger charge is -2.30. The lowest BCUT2D eigenvalue weighted by Crippen LogP contribution is -2.48. The highest BCUT2D eigenvalue weighted by Crippen LogP contribution is 2.42. The number of carbonyl (C=O) groups excluding carboxylic acids is 1. The van der Waals surface area contributed by atoms with Crippen molar-refractivity contribution in [1.82, 2.24) is 5.01 Å². The Hall–Kier alpha value is -3.22. The number of aliphatic carboxylic acids is 1. The predicted octanol–water partition coefficient (Wildman–Crippen LogP) is 4.84. The van der Waals surface area contributed by atoms with E-state index in [0.717, 1.165) is 11.1 Å². The molecular formula is C22H27ClF3N3O7. The Morgan fingerprint density at radius 1 is 1.22 bits per heavy atom. The first-order chi connectivity index (χ1) is 16.3. The highest BCUT2D eigenvalue weighted by atomic mass is 35.5. The van der Waals surface area contributed by atoms with Crippen LogP contribution < -0.4 is 4.74 Å². The van der Waals surface area contributed by atoms with Gasteiger partial charge in [0.15, 0.2) is 6.54 Å². The topological polar surface area (TPSA) is 124 Å². The number of hydrogen-bond acceptors (Lipinski definition) is 7. The van der Waals surface area contributed by atoms with Crippen LogP contribution in [-0.4, -0.2) is 58.2 Å². The van der Waals surface area contributed by atoms with E-state index in [1.54, 1.807) is 0 Å². The maximum Gasteiger partial charge on any atom is 0.430 e. The number of carboxylic acids is 1. The molecule has 0 bridgehead atoms. The molecule has 1 N–H and O–H groups in total. The molecule has 2 rings (SSSR count). The number of rotatable bonds is 7. The largest absolute Gasteiger partial charge is 0.569 e. The third kappa shape index (κ3) is 7.15. The number of hydrogen-bond donors (Lipinski definition) is 1. The lowest BCUT2D eigenvalue weighted by atomic mass is 9.85. The summed E-state index contributed by atoms with van der Waals surface area (Å²) >= 11 is 6.29. The van der Waals surface area contributed by atoms with Crippen molar-refractivity contribution >= 4 is 29.6 Å². The summed E-state index contributed by atoms with van der Waals surface area (Å²) in [5, 5.41) is 25.2. The number of esters is 1. The Morgan fingerprint density at radius 2 is 1.83 bits per heavy atom. The molecule has 10 nitrogen and oxygen atoms in total. The highest BCUT2D eigenvalue weighted by molar-refractivity contribution is 6.31. The van der Waals surface area contributed by atoms with E-state index in [1.807, 2.05) is 20.8 Å². The summed E-state index contributed by atoms with van der Waals surface area (Å²) < 4.78 is 50.9. The van der Waals surface area contributed by atoms with Crippen LogP contribution in [-0.2, 0) is 24.6 Å². The van der Waals surface area contributed by atoms with Crippen LogP contribution in [0.4, 0.5) is 13.2 Å². The van der Waals surface area contributed by atoms with E-state index >= 15 is 0 Å². The molecule has 1 heterocycles. The van der Waals surface area contributed by atoms with Gasteiger partial charge in [-0.05, 0) is 50.0 Å². The first-order valence-electron chi connectivity index (χ1n) is 10.6. The maximum absolute atomic E-state index is 13.7. The number of carboxylic acid groups (broad SMARTS) is 1. The fraction of sp³-hybridized carbons (Fsp3) is 0.545. The van der Waals surface area contributed by atoms with Gasteiger partial charge in [0.1, 0.15) is 5.75 Å². The number of fused-ring (bicyclic) bond motifs is 1. The van der Waals surface area contributed by atoms with Gasteiger partial charge in [-0.3, -0.25) is 4.79 Å². The lowest BCUT2D eigenvalue weighted by molar-refractivity contribution is -0.724. The highest BCUT2D eigenvalue weighted by Gasteiger charge is 2.49. The summed E-state index contributed by atoms with van der Waals surface area (Å²) in [6.07, 6.45) is -6.61. The molecule has 0 fully saturated rings. The molecule has 1 aromatic rings. The molecule has 0 saturated carbocycles. The Labute approximate surface area is 210 Å². The Bertz CT molecular complexity index is 1080. The minimum Gasteiger partial charge on any atom is -0.569 e. The minimum atomic E-state index is -4.95. The van der Waals surface area contributed by atoms with Crippen molar-refractivity contribution in [3.8, 4) is 5.75 Å². The zero-order chi connectivity index (χ0) is 27.6. The van der Waals surface area contributed by atoms with Crippen molar-refractivity contribution in [3.05, 3.63) is 39.1 Å². The third-order valence-corrected chi connectivity index (χ3v) is 5.23. The van der Waals surface area contributed by atoms with Gasteiger partial charge in [-0.1, -0.05) is 32.4 Å². The number of nitrogens with zero attached hydrogens (tertiary/aromatic N) is 3. The van der Waals surface area contributed by atoms with E-state index in [9.17, 15) is 28.0 Å². The van der Waals surface area contributed by atoms with Crippen LogP contribution in [0.5, 0.6) is 5.75 Å². The quantitative estimate of drug-likeness (QED) is 0.131. The van der Waals surface area contributed by atoms with Gasteiger partial charge in [-0.2, -0.15) is 13.2 Å². The Balaban J connectivity index is 2.23. The van der Waals surface area contributed by atoms with Crippen molar-refractivity contribution in [2.24, 2.45) is 5.28 Å². The number of halogens is 4. The molecule has 0 aromatic heterocycles. The zero-order valence-electron chi connectivity index (χ0n) is 20.5. The summed E-state index contributed by atoms with van der Waals surface area (Å²) in [7, 11) is 0. The van der Waals surface area contributed by atoms with Crippen LogP contribution >= 0.6 is 11.6 Å². The number of alkyl halides is 3. The van der Waals surface area contributed by atoms with Gasteiger partial charge in [-0.25, -0.2) is 4.79 Å². The molecule has 36 heavy (non-hydrogen) atoms. The van der Waals surface area contributed by atoms with Crippen LogP contribution in [0.3, 0.4) is 0 Å². The van der Waals surface area contributed by atoms with Crippen LogP contribution in [0.25, 0.3) is 6.08 Å². The van der Waals surface area contributed by atoms with Crippen LogP contribution in [0.15, 0.2) is 23.0 Å². The standard InChI is InChI=1S/C22H27ClF3N3O7/c1-20(2,3)14-9-16-12(8-15(14)23)7-13(18(36-16)22(24,25)26)19(32)34-11-35-27-29(33)28(10-17(30)31)21(4,5)6/h7-9,18H,10-11H2,1-6H3,(H,30,31)/b29-27-/t18-/m0/s1. The van der Waals surface area contributed by atoms with Crippen molar-refractivity contribution in [2.45, 2.75) is 64.8 Å². The minimum absolute atomic E-state index is 0.0999. The molecule has 0 aliphatic carbocycles. The average Bonchev–Trinajstić information content (AvgIpc) is 2.70. The van der Waals surface area contributed by atoms with Crippen LogP contribution in [0.2, 0.25) is 5.02 Å². The first-order valence-corrected chi connectivity index (χ1v) is 11.0. The molecule has 1 aliphatic heterocycles. The van der Waals surface area contributed by atoms with Crippen LogP contribution in [0, 0.1) is 5.21 Å². The molecular weight excluding hydrogens is 511 g/mol. The van der Waals surface area contributed by atoms with Crippen molar-refractivity contribution in [2.75, 3.05) is 13.3 Å².